The number of carbonyl (C=O) groups excluding carboxylic acids is 2. The van der Waals surface area contributed by atoms with Crippen LogP contribution in [0.15, 0.2) is 18.2 Å². The Labute approximate surface area is 122 Å². The molecule has 1 amide bonds. The molecular weight excluding hydrogens is 278 g/mol. The lowest BCUT2D eigenvalue weighted by molar-refractivity contribution is -0.119. The number of nitrogens with two attached hydrogens (primary N) is 1. The van der Waals surface area contributed by atoms with Crippen LogP contribution in [0, 0.1) is 11.6 Å². The zero-order valence-electron chi connectivity index (χ0n) is 12.2. The van der Waals surface area contributed by atoms with Crippen molar-refractivity contribution in [2.75, 3.05) is 13.1 Å². The Bertz CT molecular complexity index is 520. The molecule has 6 heteroatoms. The molecule has 0 fully saturated rings. The normalized spacial score (nSPS) is 12.4. The minimum Gasteiger partial charge on any atom is -0.369 e. The van der Waals surface area contributed by atoms with Crippen molar-refractivity contribution in [3.05, 3.63) is 35.4 Å². The quantitative estimate of drug-likeness (QED) is 0.748. The number of Topliss-reactive ketones (excluding diaryl/α,β-unsaturated/α-hetero) is 1. The van der Waals surface area contributed by atoms with Crippen LogP contribution in [0.1, 0.15) is 37.0 Å². The third-order valence-corrected chi connectivity index (χ3v) is 3.29. The standard InChI is InChI=1S/C15H20F2N2O2/c1-3-4-7-19(9-14(18)20)10(2)15(21)11-5-6-12(16)13(17)8-11/h5-6,8,10H,3-4,7,9H2,1-2H3,(H2,18,20). The summed E-state index contributed by atoms with van der Waals surface area (Å²) in [5.74, 6) is -2.97. The molecule has 0 saturated carbocycles. The van der Waals surface area contributed by atoms with Gasteiger partial charge in [-0.15, -0.1) is 0 Å². The summed E-state index contributed by atoms with van der Waals surface area (Å²) < 4.78 is 26.1. The van der Waals surface area contributed by atoms with E-state index in [1.54, 1.807) is 11.8 Å². The van der Waals surface area contributed by atoms with Gasteiger partial charge in [0.1, 0.15) is 0 Å². The second-order valence-corrected chi connectivity index (χ2v) is 4.96. The number of hydrogen-bond acceptors (Lipinski definition) is 3. The van der Waals surface area contributed by atoms with Crippen LogP contribution in [0.3, 0.4) is 0 Å². The Balaban J connectivity index is 2.89. The number of rotatable bonds is 8. The van der Waals surface area contributed by atoms with Gasteiger partial charge < -0.3 is 5.73 Å². The number of unbranched alkanes of at least 4 members (excludes halogenated alkanes) is 1. The molecule has 0 heterocycles. The van der Waals surface area contributed by atoms with Gasteiger partial charge in [-0.2, -0.15) is 0 Å². The maximum absolute atomic E-state index is 13.2. The average molecular weight is 298 g/mol. The minimum absolute atomic E-state index is 0.0451. The van der Waals surface area contributed by atoms with Crippen LogP contribution in [-0.2, 0) is 4.79 Å². The highest BCUT2D eigenvalue weighted by Crippen LogP contribution is 2.14. The van der Waals surface area contributed by atoms with Crippen molar-refractivity contribution in [1.82, 2.24) is 4.90 Å². The van der Waals surface area contributed by atoms with E-state index in [1.165, 1.54) is 6.07 Å². The average Bonchev–Trinajstić information content (AvgIpc) is 2.44. The van der Waals surface area contributed by atoms with Crippen molar-refractivity contribution >= 4 is 11.7 Å². The van der Waals surface area contributed by atoms with Crippen molar-refractivity contribution < 1.29 is 18.4 Å². The molecule has 0 saturated heterocycles. The first-order valence-electron chi connectivity index (χ1n) is 6.88. The fourth-order valence-corrected chi connectivity index (χ4v) is 2.03. The van der Waals surface area contributed by atoms with E-state index >= 15 is 0 Å². The number of halogens is 2. The van der Waals surface area contributed by atoms with E-state index in [1.807, 2.05) is 6.92 Å². The van der Waals surface area contributed by atoms with E-state index in [2.05, 4.69) is 0 Å². The van der Waals surface area contributed by atoms with E-state index in [0.717, 1.165) is 25.0 Å². The topological polar surface area (TPSA) is 63.4 Å². The first-order valence-corrected chi connectivity index (χ1v) is 6.88. The van der Waals surface area contributed by atoms with Crippen molar-refractivity contribution in [2.45, 2.75) is 32.7 Å². The van der Waals surface area contributed by atoms with Gasteiger partial charge in [-0.05, 0) is 38.1 Å². The largest absolute Gasteiger partial charge is 0.369 e. The van der Waals surface area contributed by atoms with Crippen LogP contribution in [0.5, 0.6) is 0 Å². The lowest BCUT2D eigenvalue weighted by Crippen LogP contribution is -2.44. The van der Waals surface area contributed by atoms with E-state index in [9.17, 15) is 18.4 Å². The molecule has 0 aliphatic carbocycles. The van der Waals surface area contributed by atoms with Gasteiger partial charge in [0, 0.05) is 5.56 Å². The fraction of sp³-hybridized carbons (Fsp3) is 0.467. The van der Waals surface area contributed by atoms with Crippen LogP contribution in [0.25, 0.3) is 0 Å². The van der Waals surface area contributed by atoms with Crippen LogP contribution < -0.4 is 5.73 Å². The van der Waals surface area contributed by atoms with Crippen molar-refractivity contribution in [3.8, 4) is 0 Å². The lowest BCUT2D eigenvalue weighted by atomic mass is 10.0. The zero-order chi connectivity index (χ0) is 16.0. The lowest BCUT2D eigenvalue weighted by Gasteiger charge is -2.26. The van der Waals surface area contributed by atoms with Gasteiger partial charge in [0.2, 0.25) is 5.91 Å². The Hall–Kier alpha value is -1.82. The molecule has 0 aliphatic heterocycles. The predicted octanol–water partition coefficient (Wildman–Crippen LogP) is 2.12. The Morgan fingerprint density at radius 2 is 1.95 bits per heavy atom. The Morgan fingerprint density at radius 3 is 2.48 bits per heavy atom. The Kier molecular flexibility index (Phi) is 6.42. The van der Waals surface area contributed by atoms with E-state index < -0.39 is 23.6 Å². The molecule has 1 rings (SSSR count). The summed E-state index contributed by atoms with van der Waals surface area (Å²) in [5.41, 5.74) is 5.26. The summed E-state index contributed by atoms with van der Waals surface area (Å²) in [7, 11) is 0. The summed E-state index contributed by atoms with van der Waals surface area (Å²) >= 11 is 0. The first kappa shape index (κ1) is 17.2. The van der Waals surface area contributed by atoms with Crippen molar-refractivity contribution in [1.29, 1.82) is 0 Å². The molecule has 1 unspecified atom stereocenters. The van der Waals surface area contributed by atoms with Gasteiger partial charge in [0.15, 0.2) is 17.4 Å². The first-order chi connectivity index (χ1) is 9.86. The summed E-state index contributed by atoms with van der Waals surface area (Å²) in [6.45, 7) is 4.11. The van der Waals surface area contributed by atoms with E-state index in [-0.39, 0.29) is 17.9 Å². The monoisotopic (exact) mass is 298 g/mol. The van der Waals surface area contributed by atoms with Gasteiger partial charge in [-0.25, -0.2) is 8.78 Å². The Morgan fingerprint density at radius 1 is 1.29 bits per heavy atom. The van der Waals surface area contributed by atoms with Gasteiger partial charge in [-0.3, -0.25) is 14.5 Å². The third kappa shape index (κ3) is 4.90. The molecule has 1 aromatic rings. The van der Waals surface area contributed by atoms with Crippen LogP contribution in [-0.4, -0.2) is 35.7 Å². The van der Waals surface area contributed by atoms with Crippen molar-refractivity contribution in [3.63, 3.8) is 0 Å². The molecule has 21 heavy (non-hydrogen) atoms. The molecule has 1 atom stereocenters. The second-order valence-electron chi connectivity index (χ2n) is 4.96. The van der Waals surface area contributed by atoms with Crippen LogP contribution in [0.2, 0.25) is 0 Å². The number of primary amides is 1. The number of nitrogens with zero attached hydrogens (tertiary/aromatic N) is 1. The molecule has 116 valence electrons. The summed E-state index contributed by atoms with van der Waals surface area (Å²) in [5, 5.41) is 0. The number of amides is 1. The SMILES string of the molecule is CCCCN(CC(N)=O)C(C)C(=O)c1ccc(F)c(F)c1. The van der Waals surface area contributed by atoms with Gasteiger partial charge >= 0.3 is 0 Å². The summed E-state index contributed by atoms with van der Waals surface area (Å²) in [4.78, 5) is 25.1. The van der Waals surface area contributed by atoms with Gasteiger partial charge in [0.25, 0.3) is 0 Å². The number of benzene rings is 1. The molecule has 4 nitrogen and oxygen atoms in total. The van der Waals surface area contributed by atoms with Crippen LogP contribution in [0.4, 0.5) is 8.78 Å². The van der Waals surface area contributed by atoms with Gasteiger partial charge in [0.05, 0.1) is 12.6 Å². The fourth-order valence-electron chi connectivity index (χ4n) is 2.03. The predicted molar refractivity (Wildman–Crippen MR) is 75.8 cm³/mol. The van der Waals surface area contributed by atoms with Crippen LogP contribution >= 0.6 is 0 Å². The molecule has 0 aromatic heterocycles. The molecule has 2 N–H and O–H groups in total. The highest BCUT2D eigenvalue weighted by atomic mass is 19.2. The summed E-state index contributed by atoms with van der Waals surface area (Å²) in [6.07, 6.45) is 1.71. The molecule has 0 aliphatic rings. The zero-order valence-corrected chi connectivity index (χ0v) is 12.2. The number of carbonyl (C=O) groups is 2. The maximum Gasteiger partial charge on any atom is 0.231 e. The van der Waals surface area contributed by atoms with Gasteiger partial charge in [-0.1, -0.05) is 13.3 Å². The van der Waals surface area contributed by atoms with E-state index in [0.29, 0.717) is 6.54 Å². The molecule has 0 spiro atoms. The van der Waals surface area contributed by atoms with E-state index in [4.69, 9.17) is 5.73 Å². The van der Waals surface area contributed by atoms with Crippen molar-refractivity contribution in [2.24, 2.45) is 5.73 Å². The maximum atomic E-state index is 13.2. The molecule has 0 radical (unpaired) electrons. The molecule has 0 bridgehead atoms. The number of hydrogen-bond donors (Lipinski definition) is 1. The molecular formula is C15H20F2N2O2. The summed E-state index contributed by atoms with van der Waals surface area (Å²) in [6, 6.07) is 2.39. The third-order valence-electron chi connectivity index (χ3n) is 3.29. The number of ketones is 1. The highest BCUT2D eigenvalue weighted by Gasteiger charge is 2.24. The second kappa shape index (κ2) is 7.83. The molecule has 1 aromatic carbocycles. The minimum atomic E-state index is -1.07. The smallest absolute Gasteiger partial charge is 0.231 e. The highest BCUT2D eigenvalue weighted by molar-refractivity contribution is 6.00.